The van der Waals surface area contributed by atoms with Crippen molar-refractivity contribution < 1.29 is 9.90 Å². The minimum Gasteiger partial charge on any atom is -0.465 e. The summed E-state index contributed by atoms with van der Waals surface area (Å²) in [5, 5.41) is 26.9. The number of anilines is 3. The van der Waals surface area contributed by atoms with E-state index in [1.807, 2.05) is 71.5 Å². The molecule has 5 aromatic rings. The van der Waals surface area contributed by atoms with Crippen molar-refractivity contribution in [3.63, 3.8) is 0 Å². The first kappa shape index (κ1) is 26.5. The number of nitriles is 1. The lowest BCUT2D eigenvalue weighted by Crippen LogP contribution is -2.48. The largest absolute Gasteiger partial charge is 0.465 e. The highest BCUT2D eigenvalue weighted by molar-refractivity contribution is 5.78. The summed E-state index contributed by atoms with van der Waals surface area (Å²) in [6.07, 6.45) is 6.25. The Bertz CT molecular complexity index is 1740. The van der Waals surface area contributed by atoms with E-state index in [4.69, 9.17) is 10.1 Å². The monoisotopic (exact) mass is 557 g/mol. The van der Waals surface area contributed by atoms with Crippen LogP contribution in [0, 0.1) is 11.3 Å². The van der Waals surface area contributed by atoms with Crippen LogP contribution >= 0.6 is 0 Å². The SMILES string of the molecule is N#Cc1ccccc1Cn1cc(-c2ccnc(Nc3ccc(N4CCN(C(=O)O)CC4)cc3)n2)c(-c2cccnc2)n1. The van der Waals surface area contributed by atoms with E-state index in [1.54, 1.807) is 24.7 Å². The van der Waals surface area contributed by atoms with Crippen LogP contribution in [0.25, 0.3) is 22.5 Å². The van der Waals surface area contributed by atoms with Gasteiger partial charge in [-0.1, -0.05) is 18.2 Å². The van der Waals surface area contributed by atoms with Crippen LogP contribution in [0.5, 0.6) is 0 Å². The van der Waals surface area contributed by atoms with E-state index in [1.165, 1.54) is 4.90 Å². The van der Waals surface area contributed by atoms with E-state index in [9.17, 15) is 15.2 Å². The predicted octanol–water partition coefficient (Wildman–Crippen LogP) is 4.87. The zero-order valence-corrected chi connectivity index (χ0v) is 22.6. The Hall–Kier alpha value is -5.76. The highest BCUT2D eigenvalue weighted by Crippen LogP contribution is 2.31. The number of aromatic nitrogens is 5. The van der Waals surface area contributed by atoms with Crippen molar-refractivity contribution in [1.82, 2.24) is 29.6 Å². The van der Waals surface area contributed by atoms with Crippen molar-refractivity contribution in [2.24, 2.45) is 0 Å². The van der Waals surface area contributed by atoms with Crippen molar-refractivity contribution in [3.8, 4) is 28.6 Å². The highest BCUT2D eigenvalue weighted by atomic mass is 16.4. The predicted molar refractivity (Wildman–Crippen MR) is 158 cm³/mol. The van der Waals surface area contributed by atoms with Gasteiger partial charge in [0.25, 0.3) is 0 Å². The standard InChI is InChI=1S/C31H27N9O2/c32-18-22-4-1-2-5-24(22)20-40-21-27(29(37-40)23-6-3-12-33-19-23)28-11-13-34-30(36-28)35-25-7-9-26(10-8-25)38-14-16-39(17-15-38)31(41)42/h1-13,19,21H,14-17,20H2,(H,41,42)(H,34,35,36). The van der Waals surface area contributed by atoms with Crippen molar-refractivity contribution in [3.05, 3.63) is 103 Å². The van der Waals surface area contributed by atoms with Crippen LogP contribution in [0.2, 0.25) is 0 Å². The molecule has 42 heavy (non-hydrogen) atoms. The summed E-state index contributed by atoms with van der Waals surface area (Å²) < 4.78 is 1.82. The van der Waals surface area contributed by atoms with Crippen molar-refractivity contribution in [2.45, 2.75) is 6.54 Å². The van der Waals surface area contributed by atoms with Gasteiger partial charge in [0, 0.05) is 73.5 Å². The third-order valence-electron chi connectivity index (χ3n) is 7.14. The molecule has 2 aromatic carbocycles. The van der Waals surface area contributed by atoms with Crippen molar-refractivity contribution in [2.75, 3.05) is 36.4 Å². The van der Waals surface area contributed by atoms with Gasteiger partial charge in [-0.05, 0) is 54.1 Å². The number of carbonyl (C=O) groups is 1. The van der Waals surface area contributed by atoms with Crippen LogP contribution in [-0.4, -0.2) is 67.0 Å². The Morgan fingerprint density at radius 3 is 2.52 bits per heavy atom. The number of piperazine rings is 1. The summed E-state index contributed by atoms with van der Waals surface area (Å²) >= 11 is 0. The summed E-state index contributed by atoms with van der Waals surface area (Å²) in [6.45, 7) is 2.71. The van der Waals surface area contributed by atoms with Crippen LogP contribution in [0.3, 0.4) is 0 Å². The second-order valence-electron chi connectivity index (χ2n) is 9.79. The third kappa shape index (κ3) is 5.73. The van der Waals surface area contributed by atoms with Gasteiger partial charge in [0.05, 0.1) is 23.9 Å². The molecule has 1 aliphatic heterocycles. The van der Waals surface area contributed by atoms with Gasteiger partial charge >= 0.3 is 6.09 Å². The van der Waals surface area contributed by atoms with E-state index in [-0.39, 0.29) is 0 Å². The fourth-order valence-electron chi connectivity index (χ4n) is 4.96. The fourth-order valence-corrected chi connectivity index (χ4v) is 4.96. The zero-order chi connectivity index (χ0) is 28.9. The lowest BCUT2D eigenvalue weighted by atomic mass is 10.1. The van der Waals surface area contributed by atoms with E-state index < -0.39 is 6.09 Å². The molecule has 1 fully saturated rings. The molecular weight excluding hydrogens is 530 g/mol. The summed E-state index contributed by atoms with van der Waals surface area (Å²) in [5.41, 5.74) is 6.45. The highest BCUT2D eigenvalue weighted by Gasteiger charge is 2.21. The quantitative estimate of drug-likeness (QED) is 0.287. The Balaban J connectivity index is 1.24. The molecule has 0 atom stereocenters. The average Bonchev–Trinajstić information content (AvgIpc) is 3.46. The molecule has 11 heteroatoms. The van der Waals surface area contributed by atoms with Gasteiger partial charge in [-0.15, -0.1) is 0 Å². The number of hydrogen-bond donors (Lipinski definition) is 2. The number of carboxylic acid groups (broad SMARTS) is 1. The minimum atomic E-state index is -0.874. The van der Waals surface area contributed by atoms with Gasteiger partial charge in [0.2, 0.25) is 5.95 Å². The Kier molecular flexibility index (Phi) is 7.42. The molecule has 0 radical (unpaired) electrons. The summed E-state index contributed by atoms with van der Waals surface area (Å²) in [6, 6.07) is 23.3. The molecule has 3 aromatic heterocycles. The molecule has 1 aliphatic rings. The third-order valence-corrected chi connectivity index (χ3v) is 7.14. The molecule has 0 saturated carbocycles. The first-order chi connectivity index (χ1) is 20.6. The summed E-state index contributed by atoms with van der Waals surface area (Å²) in [4.78, 5) is 28.3. The first-order valence-electron chi connectivity index (χ1n) is 13.5. The molecule has 2 N–H and O–H groups in total. The van der Waals surface area contributed by atoms with Gasteiger partial charge in [-0.2, -0.15) is 10.4 Å². The molecule has 4 heterocycles. The number of nitrogens with zero attached hydrogens (tertiary/aromatic N) is 8. The summed E-state index contributed by atoms with van der Waals surface area (Å²) in [5.74, 6) is 0.440. The molecule has 1 saturated heterocycles. The van der Waals surface area contributed by atoms with E-state index in [2.05, 4.69) is 26.3 Å². The average molecular weight is 558 g/mol. The maximum atomic E-state index is 11.2. The Morgan fingerprint density at radius 1 is 0.976 bits per heavy atom. The number of rotatable bonds is 7. The smallest absolute Gasteiger partial charge is 0.407 e. The van der Waals surface area contributed by atoms with Crippen molar-refractivity contribution >= 4 is 23.4 Å². The Morgan fingerprint density at radius 2 is 1.79 bits per heavy atom. The molecule has 1 amide bonds. The second-order valence-corrected chi connectivity index (χ2v) is 9.79. The van der Waals surface area contributed by atoms with Gasteiger partial charge in [0.1, 0.15) is 5.69 Å². The zero-order valence-electron chi connectivity index (χ0n) is 22.6. The minimum absolute atomic E-state index is 0.435. The first-order valence-corrected chi connectivity index (χ1v) is 13.5. The molecular formula is C31H27N9O2. The number of benzene rings is 2. The van der Waals surface area contributed by atoms with Crippen LogP contribution < -0.4 is 10.2 Å². The van der Waals surface area contributed by atoms with Crippen molar-refractivity contribution in [1.29, 1.82) is 5.26 Å². The van der Waals surface area contributed by atoms with Crippen LogP contribution in [0.15, 0.2) is 91.5 Å². The van der Waals surface area contributed by atoms with E-state index >= 15 is 0 Å². The molecule has 0 unspecified atom stereocenters. The maximum absolute atomic E-state index is 11.2. The number of hydrogen-bond acceptors (Lipinski definition) is 8. The maximum Gasteiger partial charge on any atom is 0.407 e. The molecule has 6 rings (SSSR count). The summed E-state index contributed by atoms with van der Waals surface area (Å²) in [7, 11) is 0. The van der Waals surface area contributed by atoms with Gasteiger partial charge in [-0.3, -0.25) is 9.67 Å². The molecule has 0 aliphatic carbocycles. The lowest BCUT2D eigenvalue weighted by molar-refractivity contribution is 0.142. The Labute approximate surface area is 242 Å². The normalized spacial score (nSPS) is 13.0. The second kappa shape index (κ2) is 11.8. The molecule has 0 spiro atoms. The van der Waals surface area contributed by atoms with Crippen LogP contribution in [0.4, 0.5) is 22.1 Å². The van der Waals surface area contributed by atoms with Gasteiger partial charge < -0.3 is 20.2 Å². The lowest BCUT2D eigenvalue weighted by Gasteiger charge is -2.34. The topological polar surface area (TPSA) is 136 Å². The van der Waals surface area contributed by atoms with E-state index in [0.717, 1.165) is 33.8 Å². The number of amides is 1. The van der Waals surface area contributed by atoms with Crippen LogP contribution in [-0.2, 0) is 6.54 Å². The van der Waals surface area contributed by atoms with Crippen LogP contribution in [0.1, 0.15) is 11.1 Å². The molecule has 208 valence electrons. The molecule has 11 nitrogen and oxygen atoms in total. The van der Waals surface area contributed by atoms with Gasteiger partial charge in [-0.25, -0.2) is 14.8 Å². The van der Waals surface area contributed by atoms with E-state index in [0.29, 0.717) is 49.9 Å². The molecule has 0 bridgehead atoms. The number of pyridine rings is 1. The number of nitrogens with one attached hydrogen (secondary N) is 1. The fraction of sp³-hybridized carbons (Fsp3) is 0.161. The van der Waals surface area contributed by atoms with Gasteiger partial charge in [0.15, 0.2) is 0 Å².